The number of ether oxygens (including phenoxy) is 1. The third-order valence-electron chi connectivity index (χ3n) is 5.01. The van der Waals surface area contributed by atoms with Crippen LogP contribution < -0.4 is 0 Å². The molecule has 1 aliphatic heterocycles. The van der Waals surface area contributed by atoms with Crippen molar-refractivity contribution >= 4 is 0 Å². The lowest BCUT2D eigenvalue weighted by Gasteiger charge is -2.42. The number of hydrogen-bond donors (Lipinski definition) is 1. The highest BCUT2D eigenvalue weighted by atomic mass is 16.5. The third kappa shape index (κ3) is 4.06. The number of hydrogen-bond acceptors (Lipinski definition) is 3. The monoisotopic (exact) mass is 289 g/mol. The van der Waals surface area contributed by atoms with Gasteiger partial charge in [-0.3, -0.25) is 0 Å². The zero-order valence-corrected chi connectivity index (χ0v) is 13.0. The fraction of sp³-hybridized carbons (Fsp3) is 0.667. The van der Waals surface area contributed by atoms with Gasteiger partial charge in [-0.2, -0.15) is 0 Å². The van der Waals surface area contributed by atoms with Gasteiger partial charge in [0.15, 0.2) is 0 Å². The first-order valence-electron chi connectivity index (χ1n) is 8.24. The molecule has 1 aromatic carbocycles. The molecule has 0 amide bonds. The summed E-state index contributed by atoms with van der Waals surface area (Å²) in [6.07, 6.45) is 5.66. The Hall–Kier alpha value is -0.900. The van der Waals surface area contributed by atoms with Crippen LogP contribution in [0.1, 0.15) is 44.6 Å². The van der Waals surface area contributed by atoms with Crippen LogP contribution in [0.3, 0.4) is 0 Å². The van der Waals surface area contributed by atoms with Gasteiger partial charge in [-0.1, -0.05) is 30.3 Å². The molecule has 1 aliphatic carbocycles. The fourth-order valence-electron chi connectivity index (χ4n) is 3.41. The molecule has 1 atom stereocenters. The van der Waals surface area contributed by atoms with Crippen LogP contribution in [0, 0.1) is 0 Å². The van der Waals surface area contributed by atoms with Crippen molar-refractivity contribution in [2.75, 3.05) is 13.1 Å². The zero-order chi connectivity index (χ0) is 14.7. The van der Waals surface area contributed by atoms with Crippen molar-refractivity contribution in [1.82, 2.24) is 4.90 Å². The minimum Gasteiger partial charge on any atom is -0.390 e. The average molecular weight is 289 g/mol. The van der Waals surface area contributed by atoms with Crippen molar-refractivity contribution in [2.24, 2.45) is 0 Å². The molecule has 0 radical (unpaired) electrons. The van der Waals surface area contributed by atoms with Gasteiger partial charge in [0.2, 0.25) is 0 Å². The van der Waals surface area contributed by atoms with E-state index in [1.54, 1.807) is 0 Å². The van der Waals surface area contributed by atoms with E-state index in [-0.39, 0.29) is 0 Å². The summed E-state index contributed by atoms with van der Waals surface area (Å²) in [7, 11) is 0. The van der Waals surface area contributed by atoms with Crippen molar-refractivity contribution < 1.29 is 9.84 Å². The molecule has 0 bridgehead atoms. The number of rotatable bonds is 4. The SMILES string of the molecule is CC1(O)CCCN(C2CC(OCc3ccccc3)C2)CC1. The zero-order valence-electron chi connectivity index (χ0n) is 13.0. The van der Waals surface area contributed by atoms with E-state index in [4.69, 9.17) is 4.74 Å². The first-order chi connectivity index (χ1) is 10.1. The van der Waals surface area contributed by atoms with Gasteiger partial charge in [-0.25, -0.2) is 0 Å². The van der Waals surface area contributed by atoms with Crippen LogP contribution in [0.25, 0.3) is 0 Å². The Bertz CT molecular complexity index is 440. The van der Waals surface area contributed by atoms with Crippen molar-refractivity contribution in [3.05, 3.63) is 35.9 Å². The molecule has 2 aliphatic rings. The lowest BCUT2D eigenvalue weighted by molar-refractivity contribution is -0.0596. The van der Waals surface area contributed by atoms with Crippen LogP contribution in [0.2, 0.25) is 0 Å². The molecule has 1 heterocycles. The summed E-state index contributed by atoms with van der Waals surface area (Å²) in [6.45, 7) is 4.87. The molecule has 3 rings (SSSR count). The van der Waals surface area contributed by atoms with Gasteiger partial charge in [0, 0.05) is 12.6 Å². The van der Waals surface area contributed by atoms with E-state index in [0.29, 0.717) is 12.1 Å². The molecule has 3 nitrogen and oxygen atoms in total. The maximum absolute atomic E-state index is 10.2. The molecule has 1 unspecified atom stereocenters. The summed E-state index contributed by atoms with van der Waals surface area (Å²) in [5, 5.41) is 10.2. The summed E-state index contributed by atoms with van der Waals surface area (Å²) in [6, 6.07) is 11.1. The normalized spacial score (nSPS) is 34.2. The van der Waals surface area contributed by atoms with Gasteiger partial charge >= 0.3 is 0 Å². The Balaban J connectivity index is 1.39. The van der Waals surface area contributed by atoms with E-state index in [9.17, 15) is 5.11 Å². The molecule has 1 aromatic rings. The van der Waals surface area contributed by atoms with E-state index in [1.807, 2.05) is 13.0 Å². The second-order valence-corrected chi connectivity index (χ2v) is 6.93. The quantitative estimate of drug-likeness (QED) is 0.925. The molecule has 21 heavy (non-hydrogen) atoms. The lowest BCUT2D eigenvalue weighted by Crippen LogP contribution is -2.48. The average Bonchev–Trinajstić information content (AvgIpc) is 2.60. The molecule has 2 fully saturated rings. The standard InChI is InChI=1S/C18H27NO2/c1-18(20)8-5-10-19(11-9-18)16-12-17(13-16)21-14-15-6-3-2-4-7-15/h2-4,6-7,16-17,20H,5,8-14H2,1H3. The summed E-state index contributed by atoms with van der Waals surface area (Å²) in [5.41, 5.74) is 0.800. The van der Waals surface area contributed by atoms with Crippen LogP contribution in [-0.2, 0) is 11.3 Å². The maximum atomic E-state index is 10.2. The van der Waals surface area contributed by atoms with E-state index in [2.05, 4.69) is 29.2 Å². The molecule has 3 heteroatoms. The van der Waals surface area contributed by atoms with Crippen molar-refractivity contribution in [2.45, 2.75) is 63.4 Å². The van der Waals surface area contributed by atoms with Gasteiger partial charge in [-0.15, -0.1) is 0 Å². The van der Waals surface area contributed by atoms with Crippen molar-refractivity contribution in [1.29, 1.82) is 0 Å². The first kappa shape index (κ1) is 15.0. The summed E-state index contributed by atoms with van der Waals surface area (Å²) < 4.78 is 5.98. The van der Waals surface area contributed by atoms with E-state index >= 15 is 0 Å². The first-order valence-corrected chi connectivity index (χ1v) is 8.24. The van der Waals surface area contributed by atoms with Crippen molar-refractivity contribution in [3.8, 4) is 0 Å². The molecular formula is C18H27NO2. The molecule has 1 saturated carbocycles. The highest BCUT2D eigenvalue weighted by Crippen LogP contribution is 2.32. The Kier molecular flexibility index (Phi) is 4.63. The topological polar surface area (TPSA) is 32.7 Å². The Morgan fingerprint density at radius 2 is 1.95 bits per heavy atom. The van der Waals surface area contributed by atoms with Gasteiger partial charge in [0.25, 0.3) is 0 Å². The molecule has 0 aromatic heterocycles. The lowest BCUT2D eigenvalue weighted by atomic mass is 9.87. The van der Waals surface area contributed by atoms with Gasteiger partial charge in [0.1, 0.15) is 0 Å². The summed E-state index contributed by atoms with van der Waals surface area (Å²) in [5.74, 6) is 0. The molecule has 0 spiro atoms. The Morgan fingerprint density at radius 3 is 2.71 bits per heavy atom. The largest absolute Gasteiger partial charge is 0.390 e. The number of benzene rings is 1. The minimum absolute atomic E-state index is 0.416. The second kappa shape index (κ2) is 6.47. The highest BCUT2D eigenvalue weighted by molar-refractivity contribution is 5.13. The fourth-order valence-corrected chi connectivity index (χ4v) is 3.41. The van der Waals surface area contributed by atoms with Gasteiger partial charge in [-0.05, 0) is 51.1 Å². The molecular weight excluding hydrogens is 262 g/mol. The number of nitrogens with zero attached hydrogens (tertiary/aromatic N) is 1. The number of likely N-dealkylation sites (tertiary alicyclic amines) is 1. The second-order valence-electron chi connectivity index (χ2n) is 6.93. The Labute approximate surface area is 127 Å². The number of aliphatic hydroxyl groups is 1. The van der Waals surface area contributed by atoms with E-state index in [0.717, 1.165) is 51.8 Å². The van der Waals surface area contributed by atoms with Gasteiger partial charge in [0.05, 0.1) is 18.3 Å². The summed E-state index contributed by atoms with van der Waals surface area (Å²) >= 11 is 0. The Morgan fingerprint density at radius 1 is 1.19 bits per heavy atom. The van der Waals surface area contributed by atoms with Crippen LogP contribution in [0.4, 0.5) is 0 Å². The van der Waals surface area contributed by atoms with Crippen molar-refractivity contribution in [3.63, 3.8) is 0 Å². The smallest absolute Gasteiger partial charge is 0.0720 e. The molecule has 116 valence electrons. The van der Waals surface area contributed by atoms with Gasteiger partial charge < -0.3 is 14.7 Å². The van der Waals surface area contributed by atoms with Crippen LogP contribution >= 0.6 is 0 Å². The molecule has 1 N–H and O–H groups in total. The molecule has 1 saturated heterocycles. The third-order valence-corrected chi connectivity index (χ3v) is 5.01. The van der Waals surface area contributed by atoms with Crippen LogP contribution in [0.15, 0.2) is 30.3 Å². The van der Waals surface area contributed by atoms with Crippen LogP contribution in [-0.4, -0.2) is 40.8 Å². The van der Waals surface area contributed by atoms with Crippen LogP contribution in [0.5, 0.6) is 0 Å². The maximum Gasteiger partial charge on any atom is 0.0720 e. The predicted octanol–water partition coefficient (Wildman–Crippen LogP) is 2.97. The van der Waals surface area contributed by atoms with E-state index < -0.39 is 5.60 Å². The summed E-state index contributed by atoms with van der Waals surface area (Å²) in [4.78, 5) is 2.56. The predicted molar refractivity (Wildman–Crippen MR) is 84.1 cm³/mol. The highest BCUT2D eigenvalue weighted by Gasteiger charge is 2.36. The van der Waals surface area contributed by atoms with E-state index in [1.165, 1.54) is 5.56 Å². The minimum atomic E-state index is -0.457.